The van der Waals surface area contributed by atoms with E-state index in [0.29, 0.717) is 50.0 Å². The summed E-state index contributed by atoms with van der Waals surface area (Å²) in [7, 11) is 1.12. The first kappa shape index (κ1) is 57.7. The number of aromatic nitrogens is 6. The smallest absolute Gasteiger partial charge is 0.435 e. The third-order valence-electron chi connectivity index (χ3n) is 14.2. The molecule has 0 unspecified atom stereocenters. The van der Waals surface area contributed by atoms with Gasteiger partial charge in [-0.2, -0.15) is 23.4 Å². The van der Waals surface area contributed by atoms with E-state index < -0.39 is 72.3 Å². The van der Waals surface area contributed by atoms with Gasteiger partial charge in [-0.15, -0.1) is 0 Å². The molecule has 424 valence electrons. The zero-order chi connectivity index (χ0) is 56.9. The summed E-state index contributed by atoms with van der Waals surface area (Å²) in [6.45, 7) is 1.70. The standard InChI is InChI=1S/C55H63F4N13O8/c1-80-49(78)32-63-45(74)31-62-46(75)33-71-41-12-10-11-38(50(41)52(68-71)55(57,58)59)39-28-42-36(27-40(39)56)29-65-72(42)48(77)19-18-44(73)61-22-7-4-2-3-6-13-47(76)70-25-20-35(21-26-70)34-14-16-37(17-15-34)66-54-51(53(60)79)64-30-43(67-54)69-23-8-5-9-24-69/h10-12,14-17,27-30,35H,2-9,13,18-26,31-33H2,1H3,(H2,60,79)(H,61,73)(H,62,75)(H,63,74)(H,66,67). The number of hydrogen-bond acceptors (Lipinski definition) is 14. The number of hydrogen-bond donors (Lipinski definition) is 5. The average Bonchev–Trinajstić information content (AvgIpc) is 4.22. The van der Waals surface area contributed by atoms with Crippen LogP contribution in [0, 0.1) is 5.82 Å². The van der Waals surface area contributed by atoms with Crippen LogP contribution >= 0.6 is 0 Å². The molecule has 3 aromatic carbocycles. The highest BCUT2D eigenvalue weighted by Crippen LogP contribution is 2.41. The minimum absolute atomic E-state index is 0.0819. The maximum absolute atomic E-state index is 15.8. The van der Waals surface area contributed by atoms with Crippen LogP contribution in [0.3, 0.4) is 0 Å². The van der Waals surface area contributed by atoms with Crippen molar-refractivity contribution in [1.82, 2.24) is 50.4 Å². The topological polar surface area (TPSA) is 271 Å². The molecule has 0 aliphatic carbocycles. The van der Waals surface area contributed by atoms with Crippen LogP contribution in [0.25, 0.3) is 32.9 Å². The number of nitrogens with one attached hydrogen (secondary N) is 4. The van der Waals surface area contributed by atoms with Gasteiger partial charge in [-0.25, -0.2) is 19.0 Å². The van der Waals surface area contributed by atoms with Gasteiger partial charge in [0.2, 0.25) is 29.5 Å². The zero-order valence-electron chi connectivity index (χ0n) is 44.2. The van der Waals surface area contributed by atoms with E-state index in [4.69, 9.17) is 10.7 Å². The van der Waals surface area contributed by atoms with Gasteiger partial charge in [0.1, 0.15) is 24.7 Å². The third kappa shape index (κ3) is 14.6. The van der Waals surface area contributed by atoms with Gasteiger partial charge in [-0.05, 0) is 92.3 Å². The molecular formula is C55H63F4N13O8. The molecule has 0 spiro atoms. The quantitative estimate of drug-likeness (QED) is 0.0260. The number of halogens is 4. The Balaban J connectivity index is 0.743. The molecular weight excluding hydrogens is 1050 g/mol. The molecule has 5 amide bonds. The Labute approximate surface area is 457 Å². The van der Waals surface area contributed by atoms with Gasteiger partial charge in [0.15, 0.2) is 17.2 Å². The largest absolute Gasteiger partial charge is 0.468 e. The molecule has 21 nitrogen and oxygen atoms in total. The van der Waals surface area contributed by atoms with Gasteiger partial charge in [0, 0.05) is 74.0 Å². The highest BCUT2D eigenvalue weighted by molar-refractivity contribution is 6.01. The van der Waals surface area contributed by atoms with E-state index in [1.54, 1.807) is 6.20 Å². The van der Waals surface area contributed by atoms with Gasteiger partial charge in [-0.3, -0.25) is 38.2 Å². The number of unbranched alkanes of at least 4 members (excludes halogenated alkanes) is 4. The number of nitrogens with two attached hydrogens (primary N) is 1. The summed E-state index contributed by atoms with van der Waals surface area (Å²) in [6.07, 6.45) is 6.83. The fraction of sp³-hybridized carbons (Fsp3) is 0.436. The molecule has 0 radical (unpaired) electrons. The van der Waals surface area contributed by atoms with Crippen molar-refractivity contribution in [2.75, 3.05) is 63.1 Å². The molecule has 6 aromatic rings. The number of alkyl halides is 3. The van der Waals surface area contributed by atoms with Crippen molar-refractivity contribution < 1.29 is 55.9 Å². The van der Waals surface area contributed by atoms with Crippen LogP contribution in [0.15, 0.2) is 67.0 Å². The van der Waals surface area contributed by atoms with Gasteiger partial charge in [0.25, 0.3) is 5.91 Å². The third-order valence-corrected chi connectivity index (χ3v) is 14.2. The number of carbonyl (C=O) groups is 7. The predicted molar refractivity (Wildman–Crippen MR) is 287 cm³/mol. The molecule has 25 heteroatoms. The minimum atomic E-state index is -5.05. The van der Waals surface area contributed by atoms with Gasteiger partial charge in [-0.1, -0.05) is 43.5 Å². The molecule has 2 fully saturated rings. The van der Waals surface area contributed by atoms with E-state index in [9.17, 15) is 46.7 Å². The molecule has 8 rings (SSSR count). The number of rotatable bonds is 23. The van der Waals surface area contributed by atoms with E-state index in [-0.39, 0.29) is 57.9 Å². The number of piperidine rings is 2. The summed E-state index contributed by atoms with van der Waals surface area (Å²) in [5.41, 5.74) is 5.60. The first-order valence-electron chi connectivity index (χ1n) is 26.7. The lowest BCUT2D eigenvalue weighted by molar-refractivity contribution is -0.141. The first-order valence-corrected chi connectivity index (χ1v) is 26.7. The number of anilines is 3. The van der Waals surface area contributed by atoms with Crippen molar-refractivity contribution in [1.29, 1.82) is 0 Å². The predicted octanol–water partition coefficient (Wildman–Crippen LogP) is 6.52. The number of esters is 1. The summed E-state index contributed by atoms with van der Waals surface area (Å²) in [5, 5.41) is 17.9. The number of amides is 5. The molecule has 0 saturated carbocycles. The van der Waals surface area contributed by atoms with E-state index >= 15 is 4.39 Å². The lowest BCUT2D eigenvalue weighted by Gasteiger charge is -2.32. The monoisotopic (exact) mass is 1110 g/mol. The fourth-order valence-electron chi connectivity index (χ4n) is 9.99. The number of likely N-dealkylation sites (tertiary alicyclic amines) is 1. The van der Waals surface area contributed by atoms with E-state index in [1.165, 1.54) is 42.4 Å². The Bertz CT molecular complexity index is 3240. The SMILES string of the molecule is COC(=O)CNC(=O)CNC(=O)Cn1nc(C(F)(F)F)c2c(-c3cc4c(cnn4C(=O)CCC(=O)NCCCCCCCC(=O)N4CCC(c5ccc(Nc6nc(N7CCCCC7)cnc6C(N)=O)cc5)CC4)cc3F)cccc21. The highest BCUT2D eigenvalue weighted by atomic mass is 19.4. The number of fused-ring (bicyclic) bond motifs is 2. The number of nitrogens with zero attached hydrogens (tertiary/aromatic N) is 8. The van der Waals surface area contributed by atoms with Gasteiger partial charge >= 0.3 is 12.1 Å². The van der Waals surface area contributed by atoms with Crippen LogP contribution in [-0.4, -0.2) is 129 Å². The Hall–Kier alpha value is -8.51. The lowest BCUT2D eigenvalue weighted by Crippen LogP contribution is -2.40. The lowest BCUT2D eigenvalue weighted by atomic mass is 9.89. The van der Waals surface area contributed by atoms with Crippen LogP contribution in [0.5, 0.6) is 0 Å². The summed E-state index contributed by atoms with van der Waals surface area (Å²) in [5.74, 6) is -3.45. The fourth-order valence-corrected chi connectivity index (χ4v) is 9.99. The van der Waals surface area contributed by atoms with Crippen molar-refractivity contribution in [2.45, 2.75) is 102 Å². The number of ether oxygens (including phenoxy) is 1. The Morgan fingerprint density at radius 3 is 2.20 bits per heavy atom. The molecule has 0 atom stereocenters. The van der Waals surface area contributed by atoms with Crippen LogP contribution in [0.4, 0.5) is 34.9 Å². The molecule has 2 aliphatic heterocycles. The van der Waals surface area contributed by atoms with Crippen molar-refractivity contribution in [3.05, 3.63) is 89.8 Å². The van der Waals surface area contributed by atoms with Gasteiger partial charge in [0.05, 0.1) is 37.1 Å². The Morgan fingerprint density at radius 2 is 1.48 bits per heavy atom. The normalized spacial score (nSPS) is 14.0. The number of benzene rings is 3. The molecule has 80 heavy (non-hydrogen) atoms. The van der Waals surface area contributed by atoms with E-state index in [2.05, 4.69) is 58.2 Å². The van der Waals surface area contributed by atoms with Gasteiger partial charge < -0.3 is 41.5 Å². The summed E-state index contributed by atoms with van der Waals surface area (Å²) in [4.78, 5) is 101. The van der Waals surface area contributed by atoms with E-state index in [1.807, 2.05) is 17.0 Å². The maximum Gasteiger partial charge on any atom is 0.435 e. The molecule has 2 saturated heterocycles. The number of carbonyl (C=O) groups excluding carboxylic acids is 7. The Kier molecular flexibility index (Phi) is 19.0. The molecule has 3 aromatic heterocycles. The van der Waals surface area contributed by atoms with Crippen molar-refractivity contribution in [3.8, 4) is 11.1 Å². The molecule has 0 bridgehead atoms. The summed E-state index contributed by atoms with van der Waals surface area (Å²) < 4.78 is 65.5. The first-order chi connectivity index (χ1) is 38.5. The number of methoxy groups -OCH3 is 1. The maximum atomic E-state index is 15.8. The number of primary amides is 1. The van der Waals surface area contributed by atoms with Crippen molar-refractivity contribution >= 4 is 80.5 Å². The van der Waals surface area contributed by atoms with Crippen molar-refractivity contribution in [3.63, 3.8) is 0 Å². The van der Waals surface area contributed by atoms with Crippen LogP contribution in [-0.2, 0) is 41.4 Å². The summed E-state index contributed by atoms with van der Waals surface area (Å²) >= 11 is 0. The van der Waals surface area contributed by atoms with Crippen LogP contribution < -0.4 is 31.9 Å². The second kappa shape index (κ2) is 26.4. The molecule has 5 heterocycles. The van der Waals surface area contributed by atoms with Crippen molar-refractivity contribution in [2.24, 2.45) is 5.73 Å². The minimum Gasteiger partial charge on any atom is -0.468 e. The second-order valence-corrected chi connectivity index (χ2v) is 19.8. The van der Waals surface area contributed by atoms with E-state index in [0.717, 1.165) is 92.7 Å². The average molecular weight is 1110 g/mol. The van der Waals surface area contributed by atoms with Crippen LogP contribution in [0.2, 0.25) is 0 Å². The Morgan fingerprint density at radius 1 is 0.750 bits per heavy atom. The molecule has 2 aliphatic rings. The second-order valence-electron chi connectivity index (χ2n) is 19.8. The molecule has 6 N–H and O–H groups in total. The van der Waals surface area contributed by atoms with Crippen LogP contribution in [0.1, 0.15) is 116 Å². The summed E-state index contributed by atoms with van der Waals surface area (Å²) in [6, 6.07) is 14.1. The zero-order valence-corrected chi connectivity index (χ0v) is 44.2. The highest BCUT2D eigenvalue weighted by Gasteiger charge is 2.38.